The zero-order valence-corrected chi connectivity index (χ0v) is 14.0. The largest absolute Gasteiger partial charge is 0.271 e. The summed E-state index contributed by atoms with van der Waals surface area (Å²) in [7, 11) is 0. The summed E-state index contributed by atoms with van der Waals surface area (Å²) in [5, 5.41) is 0. The Morgan fingerprint density at radius 3 is 1.88 bits per heavy atom. The highest BCUT2D eigenvalue weighted by atomic mass is 16.7. The molecule has 0 N–H and O–H groups in total. The molecule has 0 aliphatic carbocycles. The highest BCUT2D eigenvalue weighted by Gasteiger charge is 2.35. The molecule has 0 fully saturated rings. The van der Waals surface area contributed by atoms with Gasteiger partial charge in [0.2, 0.25) is 12.4 Å². The number of rotatable bonds is 5. The highest BCUT2D eigenvalue weighted by Crippen LogP contribution is 2.21. The Labute approximate surface area is 151 Å². The Morgan fingerprint density at radius 2 is 1.27 bits per heavy atom. The molecule has 0 unspecified atom stereocenters. The van der Waals surface area contributed by atoms with Crippen molar-refractivity contribution in [3.05, 3.63) is 90.3 Å². The topological polar surface area (TPSA) is 50.5 Å². The van der Waals surface area contributed by atoms with Crippen molar-refractivity contribution in [3.63, 3.8) is 0 Å². The second kappa shape index (κ2) is 6.80. The SMILES string of the molecule is O=C1c2ccccc2C(=O)N1CCO[n+]1ccc(-c2ccccc2)cc1. The van der Waals surface area contributed by atoms with Crippen molar-refractivity contribution in [2.45, 2.75) is 0 Å². The van der Waals surface area contributed by atoms with E-state index >= 15 is 0 Å². The van der Waals surface area contributed by atoms with E-state index in [0.717, 1.165) is 11.1 Å². The quantitative estimate of drug-likeness (QED) is 0.527. The first-order chi connectivity index (χ1) is 12.7. The van der Waals surface area contributed by atoms with Gasteiger partial charge in [-0.1, -0.05) is 42.5 Å². The number of carbonyl (C=O) groups is 2. The van der Waals surface area contributed by atoms with E-state index in [1.807, 2.05) is 54.9 Å². The summed E-state index contributed by atoms with van der Waals surface area (Å²) in [5.41, 5.74) is 3.13. The van der Waals surface area contributed by atoms with Gasteiger partial charge in [-0.2, -0.15) is 0 Å². The lowest BCUT2D eigenvalue weighted by Crippen LogP contribution is -2.46. The van der Waals surface area contributed by atoms with Crippen molar-refractivity contribution in [3.8, 4) is 11.1 Å². The van der Waals surface area contributed by atoms with Gasteiger partial charge in [0.1, 0.15) is 0 Å². The van der Waals surface area contributed by atoms with Gasteiger partial charge in [-0.3, -0.25) is 19.3 Å². The zero-order valence-electron chi connectivity index (χ0n) is 14.0. The predicted octanol–water partition coefficient (Wildman–Crippen LogP) is 2.37. The molecular weight excluding hydrogens is 328 g/mol. The zero-order chi connectivity index (χ0) is 17.9. The van der Waals surface area contributed by atoms with Gasteiger partial charge >= 0.3 is 0 Å². The van der Waals surface area contributed by atoms with E-state index in [0.29, 0.717) is 11.1 Å². The first kappa shape index (κ1) is 16.0. The average Bonchev–Trinajstić information content (AvgIpc) is 2.94. The fourth-order valence-electron chi connectivity index (χ4n) is 3.00. The van der Waals surface area contributed by atoms with Crippen LogP contribution in [-0.4, -0.2) is 29.9 Å². The normalized spacial score (nSPS) is 13.0. The molecule has 26 heavy (non-hydrogen) atoms. The molecule has 0 radical (unpaired) electrons. The number of pyridine rings is 1. The molecule has 1 aliphatic rings. The molecule has 2 amide bonds. The first-order valence-corrected chi connectivity index (χ1v) is 8.39. The molecule has 2 aromatic carbocycles. The van der Waals surface area contributed by atoms with Crippen molar-refractivity contribution in [1.29, 1.82) is 0 Å². The maximum Gasteiger partial charge on any atom is 0.261 e. The number of fused-ring (bicyclic) bond motifs is 1. The standard InChI is InChI=1S/C21H17N2O3/c24-20-18-8-4-5-9-19(18)21(25)23(20)14-15-26-22-12-10-17(11-13-22)16-6-2-1-3-7-16/h1-13H,14-15H2/q+1. The van der Waals surface area contributed by atoms with Gasteiger partial charge in [0.25, 0.3) is 11.8 Å². The van der Waals surface area contributed by atoms with Crippen LogP contribution < -0.4 is 9.57 Å². The molecule has 5 nitrogen and oxygen atoms in total. The third kappa shape index (κ3) is 2.95. The van der Waals surface area contributed by atoms with E-state index in [9.17, 15) is 9.59 Å². The maximum absolute atomic E-state index is 12.3. The second-order valence-corrected chi connectivity index (χ2v) is 5.95. The lowest BCUT2D eigenvalue weighted by Gasteiger charge is -2.11. The predicted molar refractivity (Wildman–Crippen MR) is 95.3 cm³/mol. The van der Waals surface area contributed by atoms with Crippen molar-refractivity contribution < 1.29 is 19.2 Å². The molecule has 0 spiro atoms. The van der Waals surface area contributed by atoms with Gasteiger partial charge in [-0.15, -0.1) is 0 Å². The minimum absolute atomic E-state index is 0.208. The second-order valence-electron chi connectivity index (χ2n) is 5.95. The summed E-state index contributed by atoms with van der Waals surface area (Å²) in [6, 6.07) is 20.8. The Bertz CT molecular complexity index is 918. The summed E-state index contributed by atoms with van der Waals surface area (Å²) < 4.78 is 1.57. The smallest absolute Gasteiger partial charge is 0.261 e. The van der Waals surface area contributed by atoms with Crippen LogP contribution in [-0.2, 0) is 0 Å². The molecule has 5 heteroatoms. The number of aromatic nitrogens is 1. The molecule has 2 heterocycles. The van der Waals surface area contributed by atoms with Crippen LogP contribution in [0.2, 0.25) is 0 Å². The Kier molecular flexibility index (Phi) is 4.19. The molecule has 1 aromatic heterocycles. The van der Waals surface area contributed by atoms with Gasteiger partial charge in [0.05, 0.1) is 17.7 Å². The fourth-order valence-corrected chi connectivity index (χ4v) is 3.00. The molecular formula is C21H17N2O3+. The van der Waals surface area contributed by atoms with E-state index < -0.39 is 0 Å². The molecule has 0 bridgehead atoms. The minimum atomic E-state index is -0.265. The Hall–Kier alpha value is -3.47. The van der Waals surface area contributed by atoms with Crippen molar-refractivity contribution in [1.82, 2.24) is 4.90 Å². The molecule has 3 aromatic rings. The Balaban J connectivity index is 1.37. The molecule has 4 rings (SSSR count). The van der Waals surface area contributed by atoms with Crippen LogP contribution in [0, 0.1) is 0 Å². The van der Waals surface area contributed by atoms with Crippen LogP contribution in [0.4, 0.5) is 0 Å². The van der Waals surface area contributed by atoms with Crippen LogP contribution in [0.1, 0.15) is 20.7 Å². The van der Waals surface area contributed by atoms with Crippen molar-refractivity contribution >= 4 is 11.8 Å². The third-order valence-electron chi connectivity index (χ3n) is 4.34. The lowest BCUT2D eigenvalue weighted by atomic mass is 10.1. The van der Waals surface area contributed by atoms with Crippen LogP contribution in [0.25, 0.3) is 11.1 Å². The number of carbonyl (C=O) groups excluding carboxylic acids is 2. The summed E-state index contributed by atoms with van der Waals surface area (Å²) in [5.74, 6) is -0.530. The Morgan fingerprint density at radius 1 is 0.731 bits per heavy atom. The van der Waals surface area contributed by atoms with Gasteiger partial charge < -0.3 is 0 Å². The van der Waals surface area contributed by atoms with E-state index in [1.165, 1.54) is 4.90 Å². The van der Waals surface area contributed by atoms with Crippen molar-refractivity contribution in [2.24, 2.45) is 0 Å². The van der Waals surface area contributed by atoms with E-state index in [4.69, 9.17) is 4.84 Å². The summed E-state index contributed by atoms with van der Waals surface area (Å²) >= 11 is 0. The monoisotopic (exact) mass is 345 g/mol. The van der Waals surface area contributed by atoms with Gasteiger partial charge in [-0.25, -0.2) is 0 Å². The molecule has 1 aliphatic heterocycles. The van der Waals surface area contributed by atoms with E-state index in [-0.39, 0.29) is 25.0 Å². The summed E-state index contributed by atoms with van der Waals surface area (Å²) in [4.78, 5) is 31.4. The summed E-state index contributed by atoms with van der Waals surface area (Å²) in [6.45, 7) is 0.431. The van der Waals surface area contributed by atoms with Gasteiger partial charge in [0, 0.05) is 16.9 Å². The number of imide groups is 1. The number of nitrogens with zero attached hydrogens (tertiary/aromatic N) is 2. The highest BCUT2D eigenvalue weighted by molar-refractivity contribution is 6.21. The number of amides is 2. The van der Waals surface area contributed by atoms with Crippen LogP contribution >= 0.6 is 0 Å². The lowest BCUT2D eigenvalue weighted by molar-refractivity contribution is -0.891. The van der Waals surface area contributed by atoms with Crippen LogP contribution in [0.5, 0.6) is 0 Å². The van der Waals surface area contributed by atoms with E-state index in [2.05, 4.69) is 0 Å². The van der Waals surface area contributed by atoms with Gasteiger partial charge in [0.15, 0.2) is 6.61 Å². The third-order valence-corrected chi connectivity index (χ3v) is 4.34. The minimum Gasteiger partial charge on any atom is -0.271 e. The first-order valence-electron chi connectivity index (χ1n) is 8.39. The van der Waals surface area contributed by atoms with E-state index in [1.54, 1.807) is 29.0 Å². The maximum atomic E-state index is 12.3. The molecule has 0 saturated heterocycles. The number of benzene rings is 2. The number of hydrogen-bond donors (Lipinski definition) is 0. The van der Waals surface area contributed by atoms with Crippen LogP contribution in [0.15, 0.2) is 79.1 Å². The molecule has 0 saturated carbocycles. The number of hydrogen-bond acceptors (Lipinski definition) is 3. The van der Waals surface area contributed by atoms with Crippen LogP contribution in [0.3, 0.4) is 0 Å². The fraction of sp³-hybridized carbons (Fsp3) is 0.0952. The van der Waals surface area contributed by atoms with Gasteiger partial charge in [-0.05, 0) is 23.3 Å². The molecule has 128 valence electrons. The molecule has 0 atom stereocenters. The summed E-state index contributed by atoms with van der Waals surface area (Å²) in [6.07, 6.45) is 3.62. The van der Waals surface area contributed by atoms with Crippen molar-refractivity contribution in [2.75, 3.05) is 13.2 Å². The average molecular weight is 345 g/mol.